The maximum absolute atomic E-state index is 11.2. The summed E-state index contributed by atoms with van der Waals surface area (Å²) in [5, 5.41) is 12.3. The molecule has 2 heterocycles. The number of carboxylic acid groups (broad SMARTS) is 1. The lowest BCUT2D eigenvalue weighted by molar-refractivity contribution is 0.0690. The molecule has 0 aliphatic heterocycles. The quantitative estimate of drug-likeness (QED) is 0.892. The first-order valence-corrected chi connectivity index (χ1v) is 6.17. The number of pyridine rings is 1. The van der Waals surface area contributed by atoms with Crippen molar-refractivity contribution in [2.24, 2.45) is 0 Å². The fourth-order valence-corrected chi connectivity index (χ4v) is 1.61. The van der Waals surface area contributed by atoms with Crippen LogP contribution in [0, 0.1) is 0 Å². The molecule has 2 aromatic heterocycles. The number of nitrogens with one attached hydrogen (secondary N) is 1. The Bertz CT molecular complexity index is 621. The number of carbonyl (C=O) groups is 1. The summed E-state index contributed by atoms with van der Waals surface area (Å²) in [6.07, 6.45) is 1.61. The van der Waals surface area contributed by atoms with Gasteiger partial charge >= 0.3 is 5.97 Å². The zero-order chi connectivity index (χ0) is 14.8. The van der Waals surface area contributed by atoms with Crippen molar-refractivity contribution in [2.45, 2.75) is 26.3 Å². The molecule has 6 heteroatoms. The Balaban J connectivity index is 2.49. The van der Waals surface area contributed by atoms with Crippen molar-refractivity contribution in [1.82, 2.24) is 15.0 Å². The maximum Gasteiger partial charge on any atom is 0.354 e. The fourth-order valence-electron chi connectivity index (χ4n) is 1.61. The van der Waals surface area contributed by atoms with Crippen molar-refractivity contribution in [1.29, 1.82) is 0 Å². The first kappa shape index (κ1) is 13.9. The summed E-state index contributed by atoms with van der Waals surface area (Å²) in [5.74, 6) is -0.343. The van der Waals surface area contributed by atoms with Crippen LogP contribution in [0.1, 0.15) is 31.3 Å². The van der Waals surface area contributed by atoms with Gasteiger partial charge in [-0.25, -0.2) is 14.8 Å². The number of aromatic nitrogens is 3. The van der Waals surface area contributed by atoms with Crippen LogP contribution in [-0.2, 0) is 0 Å². The summed E-state index contributed by atoms with van der Waals surface area (Å²) in [6.45, 7) is 5.90. The van der Waals surface area contributed by atoms with Crippen LogP contribution < -0.4 is 5.32 Å². The molecule has 0 bridgehead atoms. The molecule has 2 aromatic rings. The van der Waals surface area contributed by atoms with E-state index in [9.17, 15) is 4.79 Å². The average Bonchev–Trinajstić information content (AvgIpc) is 2.37. The summed E-state index contributed by atoms with van der Waals surface area (Å²) in [6, 6.07) is 6.73. The topological polar surface area (TPSA) is 88.0 Å². The largest absolute Gasteiger partial charge is 0.477 e. The molecule has 0 spiro atoms. The van der Waals surface area contributed by atoms with E-state index in [0.29, 0.717) is 11.5 Å². The minimum absolute atomic E-state index is 0.0626. The van der Waals surface area contributed by atoms with Gasteiger partial charge in [0.05, 0.1) is 0 Å². The second kappa shape index (κ2) is 5.24. The molecule has 0 aromatic carbocycles. The van der Waals surface area contributed by atoms with Crippen LogP contribution >= 0.6 is 0 Å². The average molecular weight is 272 g/mol. The molecule has 2 rings (SSSR count). The second-order valence-corrected chi connectivity index (χ2v) is 5.36. The minimum atomic E-state index is -1.10. The Labute approximate surface area is 116 Å². The van der Waals surface area contributed by atoms with Crippen LogP contribution in [0.4, 0.5) is 5.82 Å². The standard InChI is InChI=1S/C14H16N4O2/c1-14(2,3)18-11-8-10(13(19)20)16-12(17-11)9-6-4-5-7-15-9/h4-8H,1-3H3,(H,19,20)(H,16,17,18). The molecule has 20 heavy (non-hydrogen) atoms. The Morgan fingerprint density at radius 1 is 1.25 bits per heavy atom. The zero-order valence-electron chi connectivity index (χ0n) is 11.6. The molecule has 2 N–H and O–H groups in total. The van der Waals surface area contributed by atoms with Gasteiger partial charge in [0.2, 0.25) is 0 Å². The molecule has 0 aliphatic rings. The number of rotatable bonds is 3. The van der Waals surface area contributed by atoms with Crippen LogP contribution in [0.2, 0.25) is 0 Å². The number of anilines is 1. The summed E-state index contributed by atoms with van der Waals surface area (Å²) >= 11 is 0. The molecule has 0 aliphatic carbocycles. The zero-order valence-corrected chi connectivity index (χ0v) is 11.6. The lowest BCUT2D eigenvalue weighted by Gasteiger charge is -2.21. The van der Waals surface area contributed by atoms with Gasteiger partial charge in [-0.2, -0.15) is 0 Å². The highest BCUT2D eigenvalue weighted by Gasteiger charge is 2.16. The predicted molar refractivity (Wildman–Crippen MR) is 75.6 cm³/mol. The van der Waals surface area contributed by atoms with Gasteiger partial charge < -0.3 is 10.4 Å². The number of aromatic carboxylic acids is 1. The first-order valence-electron chi connectivity index (χ1n) is 6.17. The molecule has 0 fully saturated rings. The van der Waals surface area contributed by atoms with E-state index in [1.807, 2.05) is 20.8 Å². The first-order chi connectivity index (χ1) is 9.35. The summed E-state index contributed by atoms with van der Waals surface area (Å²) in [4.78, 5) is 23.6. The predicted octanol–water partition coefficient (Wildman–Crippen LogP) is 2.45. The van der Waals surface area contributed by atoms with Gasteiger partial charge in [0.15, 0.2) is 11.5 Å². The van der Waals surface area contributed by atoms with E-state index in [-0.39, 0.29) is 17.1 Å². The van der Waals surface area contributed by atoms with Gasteiger partial charge in [0, 0.05) is 17.8 Å². The SMILES string of the molecule is CC(C)(C)Nc1cc(C(=O)O)nc(-c2ccccn2)n1. The molecule has 6 nitrogen and oxygen atoms in total. The lowest BCUT2D eigenvalue weighted by atomic mass is 10.1. The second-order valence-electron chi connectivity index (χ2n) is 5.36. The molecule has 0 saturated carbocycles. The van der Waals surface area contributed by atoms with E-state index in [2.05, 4.69) is 20.3 Å². The molecule has 104 valence electrons. The molecule has 0 saturated heterocycles. The van der Waals surface area contributed by atoms with E-state index in [4.69, 9.17) is 5.11 Å². The van der Waals surface area contributed by atoms with E-state index in [1.165, 1.54) is 6.07 Å². The highest BCUT2D eigenvalue weighted by molar-refractivity contribution is 5.86. The Morgan fingerprint density at radius 2 is 2.00 bits per heavy atom. The van der Waals surface area contributed by atoms with Crippen LogP contribution in [0.25, 0.3) is 11.5 Å². The maximum atomic E-state index is 11.2. The Morgan fingerprint density at radius 3 is 2.55 bits per heavy atom. The van der Waals surface area contributed by atoms with Crippen molar-refractivity contribution in [3.8, 4) is 11.5 Å². The lowest BCUT2D eigenvalue weighted by Crippen LogP contribution is -2.27. The highest BCUT2D eigenvalue weighted by Crippen LogP contribution is 2.18. The van der Waals surface area contributed by atoms with E-state index < -0.39 is 5.97 Å². The van der Waals surface area contributed by atoms with Crippen LogP contribution in [-0.4, -0.2) is 31.6 Å². The summed E-state index contributed by atoms with van der Waals surface area (Å²) < 4.78 is 0. The third kappa shape index (κ3) is 3.50. The molecule has 0 unspecified atom stereocenters. The van der Waals surface area contributed by atoms with E-state index in [1.54, 1.807) is 24.4 Å². The summed E-state index contributed by atoms with van der Waals surface area (Å²) in [7, 11) is 0. The van der Waals surface area contributed by atoms with Gasteiger partial charge in [0.1, 0.15) is 11.5 Å². The molecular weight excluding hydrogens is 256 g/mol. The number of hydrogen-bond donors (Lipinski definition) is 2. The van der Waals surface area contributed by atoms with Gasteiger partial charge in [-0.15, -0.1) is 0 Å². The molecular formula is C14H16N4O2. The Hall–Kier alpha value is -2.50. The minimum Gasteiger partial charge on any atom is -0.477 e. The van der Waals surface area contributed by atoms with E-state index >= 15 is 0 Å². The van der Waals surface area contributed by atoms with Crippen molar-refractivity contribution in [3.05, 3.63) is 36.2 Å². The van der Waals surface area contributed by atoms with Crippen LogP contribution in [0.3, 0.4) is 0 Å². The van der Waals surface area contributed by atoms with Crippen molar-refractivity contribution in [3.63, 3.8) is 0 Å². The third-order valence-electron chi connectivity index (χ3n) is 2.34. The smallest absolute Gasteiger partial charge is 0.354 e. The number of carboxylic acids is 1. The van der Waals surface area contributed by atoms with Gasteiger partial charge in [-0.05, 0) is 32.9 Å². The fraction of sp³-hybridized carbons (Fsp3) is 0.286. The van der Waals surface area contributed by atoms with Crippen LogP contribution in [0.15, 0.2) is 30.5 Å². The van der Waals surface area contributed by atoms with Gasteiger partial charge in [-0.1, -0.05) is 6.07 Å². The van der Waals surface area contributed by atoms with Gasteiger partial charge in [0.25, 0.3) is 0 Å². The Kier molecular flexibility index (Phi) is 3.65. The van der Waals surface area contributed by atoms with Crippen molar-refractivity contribution in [2.75, 3.05) is 5.32 Å². The highest BCUT2D eigenvalue weighted by atomic mass is 16.4. The summed E-state index contributed by atoms with van der Waals surface area (Å²) in [5.41, 5.74) is 0.242. The van der Waals surface area contributed by atoms with E-state index in [0.717, 1.165) is 0 Å². The monoisotopic (exact) mass is 272 g/mol. The normalized spacial score (nSPS) is 11.2. The number of nitrogens with zero attached hydrogens (tertiary/aromatic N) is 3. The van der Waals surface area contributed by atoms with Crippen molar-refractivity contribution >= 4 is 11.8 Å². The molecule has 0 atom stereocenters. The van der Waals surface area contributed by atoms with Crippen molar-refractivity contribution < 1.29 is 9.90 Å². The molecule has 0 radical (unpaired) electrons. The third-order valence-corrected chi connectivity index (χ3v) is 2.34. The van der Waals surface area contributed by atoms with Crippen LogP contribution in [0.5, 0.6) is 0 Å². The number of hydrogen-bond acceptors (Lipinski definition) is 5. The molecule has 0 amide bonds. The van der Waals surface area contributed by atoms with Gasteiger partial charge in [-0.3, -0.25) is 4.98 Å².